The third-order valence-corrected chi connectivity index (χ3v) is 5.10. The van der Waals surface area contributed by atoms with E-state index in [2.05, 4.69) is 11.6 Å². The van der Waals surface area contributed by atoms with Crippen LogP contribution in [0.1, 0.15) is 19.8 Å². The molecule has 19 heavy (non-hydrogen) atoms. The first-order valence-electron chi connectivity index (χ1n) is 6.32. The summed E-state index contributed by atoms with van der Waals surface area (Å²) in [6.07, 6.45) is 4.39. The van der Waals surface area contributed by atoms with Gasteiger partial charge in [0.2, 0.25) is 0 Å². The number of carbonyl (C=O) groups is 2. The molecule has 0 atom stereocenters. The molecule has 0 bridgehead atoms. The second kappa shape index (κ2) is 5.20. The van der Waals surface area contributed by atoms with Crippen LogP contribution in [0, 0.1) is 0 Å². The zero-order valence-electron chi connectivity index (χ0n) is 11.3. The van der Waals surface area contributed by atoms with Crippen LogP contribution in [-0.4, -0.2) is 64.9 Å². The fourth-order valence-corrected chi connectivity index (χ4v) is 2.90. The summed E-state index contributed by atoms with van der Waals surface area (Å²) in [5.41, 5.74) is -0.521. The minimum atomic E-state index is -0.986. The lowest BCUT2D eigenvalue weighted by atomic mass is 9.97. The molecule has 1 heterocycles. The van der Waals surface area contributed by atoms with Gasteiger partial charge in [-0.1, -0.05) is 0 Å². The molecule has 7 heteroatoms. The fraction of sp³-hybridized carbons (Fsp3) is 0.833. The maximum absolute atomic E-state index is 11.9. The zero-order chi connectivity index (χ0) is 14.1. The molecule has 1 aliphatic carbocycles. The van der Waals surface area contributed by atoms with E-state index in [1.165, 1.54) is 0 Å². The Morgan fingerprint density at radius 3 is 2.53 bits per heavy atom. The predicted octanol–water partition coefficient (Wildman–Crippen LogP) is 0.767. The number of carboxylic acids is 1. The smallest absolute Gasteiger partial charge is 0.329 e. The first-order valence-corrected chi connectivity index (χ1v) is 7.54. The summed E-state index contributed by atoms with van der Waals surface area (Å²) in [6.45, 7) is 3.10. The summed E-state index contributed by atoms with van der Waals surface area (Å²) in [6, 6.07) is -0.0864. The molecule has 108 valence electrons. The van der Waals surface area contributed by atoms with E-state index in [4.69, 9.17) is 9.84 Å². The van der Waals surface area contributed by atoms with Crippen molar-refractivity contribution >= 4 is 23.8 Å². The number of aliphatic carboxylic acids is 1. The largest absolute Gasteiger partial charge is 0.480 e. The molecule has 1 aliphatic heterocycles. The van der Waals surface area contributed by atoms with E-state index in [-0.39, 0.29) is 17.4 Å². The van der Waals surface area contributed by atoms with Gasteiger partial charge in [0, 0.05) is 11.3 Å². The SMILES string of the molecule is CSC1(CNC(=O)N2CC(C)(OCC(=O)O)C2)CC1. The van der Waals surface area contributed by atoms with Gasteiger partial charge in [-0.2, -0.15) is 11.8 Å². The number of carbonyl (C=O) groups excluding carboxylic acids is 1. The summed E-state index contributed by atoms with van der Waals surface area (Å²) >= 11 is 1.81. The Morgan fingerprint density at radius 2 is 2.05 bits per heavy atom. The highest BCUT2D eigenvalue weighted by atomic mass is 32.2. The topological polar surface area (TPSA) is 78.9 Å². The Labute approximate surface area is 116 Å². The predicted molar refractivity (Wildman–Crippen MR) is 72.4 cm³/mol. The highest BCUT2D eigenvalue weighted by molar-refractivity contribution is 8.00. The van der Waals surface area contributed by atoms with E-state index in [0.717, 1.165) is 12.8 Å². The molecule has 1 saturated heterocycles. The van der Waals surface area contributed by atoms with Gasteiger partial charge in [-0.05, 0) is 26.0 Å². The molecule has 2 N–H and O–H groups in total. The van der Waals surface area contributed by atoms with Gasteiger partial charge in [0.05, 0.1) is 13.1 Å². The molecule has 0 unspecified atom stereocenters. The van der Waals surface area contributed by atoms with Crippen LogP contribution in [0.2, 0.25) is 0 Å². The van der Waals surface area contributed by atoms with Crippen molar-refractivity contribution in [2.45, 2.75) is 30.1 Å². The highest BCUT2D eigenvalue weighted by Gasteiger charge is 2.45. The fourth-order valence-electron chi connectivity index (χ4n) is 2.17. The summed E-state index contributed by atoms with van der Waals surface area (Å²) in [5.74, 6) is -0.986. The Morgan fingerprint density at radius 1 is 1.42 bits per heavy atom. The number of carboxylic acid groups (broad SMARTS) is 1. The average Bonchev–Trinajstić information content (AvgIpc) is 3.11. The standard InChI is InChI=1S/C12H20N2O4S/c1-11(18-5-9(15)16)7-14(8-11)10(17)13-6-12(19-2)3-4-12/h3-8H2,1-2H3,(H,13,17)(H,15,16). The van der Waals surface area contributed by atoms with Crippen molar-refractivity contribution in [1.82, 2.24) is 10.2 Å². The van der Waals surface area contributed by atoms with E-state index in [1.807, 2.05) is 6.92 Å². The van der Waals surface area contributed by atoms with Crippen LogP contribution in [-0.2, 0) is 9.53 Å². The molecule has 2 rings (SSSR count). The van der Waals surface area contributed by atoms with Gasteiger partial charge in [-0.15, -0.1) is 0 Å². The number of urea groups is 1. The van der Waals surface area contributed by atoms with Crippen molar-refractivity contribution in [3.8, 4) is 0 Å². The van der Waals surface area contributed by atoms with Crippen molar-refractivity contribution < 1.29 is 19.4 Å². The first-order chi connectivity index (χ1) is 8.88. The number of likely N-dealkylation sites (tertiary alicyclic amines) is 1. The highest BCUT2D eigenvalue weighted by Crippen LogP contribution is 2.46. The number of hydrogen-bond donors (Lipinski definition) is 2. The first kappa shape index (κ1) is 14.5. The summed E-state index contributed by atoms with van der Waals surface area (Å²) < 4.78 is 5.51. The van der Waals surface area contributed by atoms with Gasteiger partial charge >= 0.3 is 12.0 Å². The lowest BCUT2D eigenvalue weighted by Crippen LogP contribution is -2.65. The number of hydrogen-bond acceptors (Lipinski definition) is 4. The Hall–Kier alpha value is -0.950. The normalized spacial score (nSPS) is 22.5. The number of rotatable bonds is 6. The maximum atomic E-state index is 11.9. The van der Waals surface area contributed by atoms with E-state index in [9.17, 15) is 9.59 Å². The van der Waals surface area contributed by atoms with Gasteiger partial charge in [-0.3, -0.25) is 0 Å². The minimum absolute atomic E-state index is 0.0864. The van der Waals surface area contributed by atoms with Gasteiger partial charge < -0.3 is 20.1 Å². The number of amides is 2. The number of nitrogens with zero attached hydrogens (tertiary/aromatic N) is 1. The quantitative estimate of drug-likeness (QED) is 0.754. The van der Waals surface area contributed by atoms with E-state index < -0.39 is 11.6 Å². The van der Waals surface area contributed by atoms with Gasteiger partial charge in [0.25, 0.3) is 0 Å². The lowest BCUT2D eigenvalue weighted by Gasteiger charge is -2.47. The molecule has 6 nitrogen and oxygen atoms in total. The molecule has 2 aliphatic rings. The third-order valence-electron chi connectivity index (χ3n) is 3.68. The Kier molecular flexibility index (Phi) is 3.96. The van der Waals surface area contributed by atoms with Crippen LogP contribution in [0.25, 0.3) is 0 Å². The third kappa shape index (κ3) is 3.54. The molecule has 2 amide bonds. The molecule has 1 saturated carbocycles. The van der Waals surface area contributed by atoms with Gasteiger partial charge in [-0.25, -0.2) is 9.59 Å². The van der Waals surface area contributed by atoms with Crippen molar-refractivity contribution in [3.05, 3.63) is 0 Å². The molecule has 0 radical (unpaired) electrons. The van der Waals surface area contributed by atoms with Gasteiger partial charge in [0.15, 0.2) is 0 Å². The molecule has 0 spiro atoms. The maximum Gasteiger partial charge on any atom is 0.329 e. The van der Waals surface area contributed by atoms with Crippen LogP contribution in [0.5, 0.6) is 0 Å². The molecule has 0 aromatic rings. The molecule has 2 fully saturated rings. The van der Waals surface area contributed by atoms with E-state index in [1.54, 1.807) is 16.7 Å². The number of nitrogens with one attached hydrogen (secondary N) is 1. The number of ether oxygens (including phenoxy) is 1. The Bertz CT molecular complexity index is 378. The van der Waals surface area contributed by atoms with Crippen molar-refractivity contribution in [2.75, 3.05) is 32.5 Å². The van der Waals surface area contributed by atoms with E-state index in [0.29, 0.717) is 19.6 Å². The van der Waals surface area contributed by atoms with Crippen LogP contribution in [0.4, 0.5) is 4.79 Å². The van der Waals surface area contributed by atoms with Gasteiger partial charge in [0.1, 0.15) is 12.2 Å². The second-order valence-corrected chi connectivity index (χ2v) is 6.81. The summed E-state index contributed by atoms with van der Waals surface area (Å²) in [4.78, 5) is 24.0. The van der Waals surface area contributed by atoms with Crippen LogP contribution >= 0.6 is 11.8 Å². The molecular formula is C12H20N2O4S. The summed E-state index contributed by atoms with van der Waals surface area (Å²) in [5, 5.41) is 11.5. The Balaban J connectivity index is 1.68. The number of thioether (sulfide) groups is 1. The second-order valence-electron chi connectivity index (χ2n) is 5.53. The monoisotopic (exact) mass is 288 g/mol. The average molecular weight is 288 g/mol. The molecule has 0 aromatic carbocycles. The van der Waals surface area contributed by atoms with Crippen LogP contribution < -0.4 is 5.32 Å². The summed E-state index contributed by atoms with van der Waals surface area (Å²) in [7, 11) is 0. The van der Waals surface area contributed by atoms with Crippen LogP contribution in [0.15, 0.2) is 0 Å². The van der Waals surface area contributed by atoms with Crippen molar-refractivity contribution in [1.29, 1.82) is 0 Å². The minimum Gasteiger partial charge on any atom is -0.480 e. The van der Waals surface area contributed by atoms with Crippen molar-refractivity contribution in [3.63, 3.8) is 0 Å². The molecular weight excluding hydrogens is 268 g/mol. The van der Waals surface area contributed by atoms with E-state index >= 15 is 0 Å². The van der Waals surface area contributed by atoms with Crippen molar-refractivity contribution in [2.24, 2.45) is 0 Å². The van der Waals surface area contributed by atoms with Crippen LogP contribution in [0.3, 0.4) is 0 Å². The molecule has 0 aromatic heterocycles. The zero-order valence-corrected chi connectivity index (χ0v) is 12.1. The lowest BCUT2D eigenvalue weighted by molar-refractivity contribution is -0.159.